The third-order valence-electron chi connectivity index (χ3n) is 3.11. The molecular formula is C16H20F2N4. The average molecular weight is 306 g/mol. The normalized spacial score (nSPS) is 10.5. The first-order valence-electron chi connectivity index (χ1n) is 7.40. The van der Waals surface area contributed by atoms with Gasteiger partial charge in [0.1, 0.15) is 17.5 Å². The van der Waals surface area contributed by atoms with Gasteiger partial charge in [0.15, 0.2) is 0 Å². The highest BCUT2D eigenvalue weighted by Gasteiger charge is 2.07. The first-order valence-corrected chi connectivity index (χ1v) is 7.40. The molecule has 118 valence electrons. The van der Waals surface area contributed by atoms with Crippen molar-refractivity contribution in [2.45, 2.75) is 33.1 Å². The Morgan fingerprint density at radius 2 is 1.91 bits per heavy atom. The van der Waals surface area contributed by atoms with Gasteiger partial charge in [-0.3, -0.25) is 0 Å². The first-order chi connectivity index (χ1) is 10.6. The fourth-order valence-corrected chi connectivity index (χ4v) is 2.02. The van der Waals surface area contributed by atoms with Gasteiger partial charge in [-0.15, -0.1) is 0 Å². The second-order valence-electron chi connectivity index (χ2n) is 5.10. The quantitative estimate of drug-likeness (QED) is 0.744. The fraction of sp³-hybridized carbons (Fsp3) is 0.375. The lowest BCUT2D eigenvalue weighted by Gasteiger charge is -2.10. The van der Waals surface area contributed by atoms with Gasteiger partial charge in [-0.25, -0.2) is 13.8 Å². The number of benzene rings is 1. The Hall–Kier alpha value is -2.24. The van der Waals surface area contributed by atoms with Gasteiger partial charge in [-0.1, -0.05) is 19.8 Å². The monoisotopic (exact) mass is 306 g/mol. The van der Waals surface area contributed by atoms with Gasteiger partial charge < -0.3 is 10.6 Å². The van der Waals surface area contributed by atoms with Gasteiger partial charge in [0.2, 0.25) is 5.95 Å². The van der Waals surface area contributed by atoms with E-state index in [0.29, 0.717) is 11.8 Å². The zero-order chi connectivity index (χ0) is 15.9. The Morgan fingerprint density at radius 3 is 2.64 bits per heavy atom. The maximum Gasteiger partial charge on any atom is 0.224 e. The highest BCUT2D eigenvalue weighted by molar-refractivity contribution is 5.58. The summed E-state index contributed by atoms with van der Waals surface area (Å²) in [6.07, 6.45) is 3.33. The maximum absolute atomic E-state index is 13.7. The Bertz CT molecular complexity index is 632. The van der Waals surface area contributed by atoms with Gasteiger partial charge in [-0.2, -0.15) is 4.98 Å². The van der Waals surface area contributed by atoms with Crippen molar-refractivity contribution in [1.82, 2.24) is 9.97 Å². The summed E-state index contributed by atoms with van der Waals surface area (Å²) in [6, 6.07) is 5.08. The smallest absolute Gasteiger partial charge is 0.224 e. The zero-order valence-corrected chi connectivity index (χ0v) is 12.8. The third kappa shape index (κ3) is 4.65. The predicted molar refractivity (Wildman–Crippen MR) is 84.4 cm³/mol. The van der Waals surface area contributed by atoms with E-state index >= 15 is 0 Å². The second-order valence-corrected chi connectivity index (χ2v) is 5.10. The number of nitrogens with one attached hydrogen (secondary N) is 2. The summed E-state index contributed by atoms with van der Waals surface area (Å²) in [5.41, 5.74) is 0.939. The summed E-state index contributed by atoms with van der Waals surface area (Å²) < 4.78 is 26.6. The van der Waals surface area contributed by atoms with E-state index in [9.17, 15) is 8.78 Å². The minimum atomic E-state index is -0.659. The van der Waals surface area contributed by atoms with E-state index in [0.717, 1.165) is 37.6 Å². The second kappa shape index (κ2) is 7.68. The van der Waals surface area contributed by atoms with Crippen molar-refractivity contribution < 1.29 is 8.78 Å². The van der Waals surface area contributed by atoms with Gasteiger partial charge >= 0.3 is 0 Å². The Morgan fingerprint density at radius 1 is 1.09 bits per heavy atom. The van der Waals surface area contributed by atoms with E-state index in [1.807, 2.05) is 6.92 Å². The summed E-state index contributed by atoms with van der Waals surface area (Å²) in [5, 5.41) is 6.00. The number of anilines is 3. The zero-order valence-electron chi connectivity index (χ0n) is 12.8. The Balaban J connectivity index is 2.08. The van der Waals surface area contributed by atoms with E-state index in [-0.39, 0.29) is 5.69 Å². The summed E-state index contributed by atoms with van der Waals surface area (Å²) in [6.45, 7) is 4.77. The van der Waals surface area contributed by atoms with E-state index in [4.69, 9.17) is 0 Å². The summed E-state index contributed by atoms with van der Waals surface area (Å²) in [5.74, 6) is -0.300. The van der Waals surface area contributed by atoms with Crippen molar-refractivity contribution in [3.05, 3.63) is 41.6 Å². The molecule has 0 amide bonds. The molecule has 0 atom stereocenters. The number of rotatable bonds is 7. The van der Waals surface area contributed by atoms with Crippen LogP contribution < -0.4 is 10.6 Å². The molecule has 2 rings (SSSR count). The van der Waals surface area contributed by atoms with Crippen LogP contribution in [-0.2, 0) is 0 Å². The fourth-order valence-electron chi connectivity index (χ4n) is 2.02. The summed E-state index contributed by atoms with van der Waals surface area (Å²) in [4.78, 5) is 8.59. The largest absolute Gasteiger partial charge is 0.354 e. The van der Waals surface area contributed by atoms with E-state index in [2.05, 4.69) is 27.5 Å². The molecule has 0 bridgehead atoms. The van der Waals surface area contributed by atoms with Crippen LogP contribution in [0.25, 0.3) is 0 Å². The van der Waals surface area contributed by atoms with Gasteiger partial charge in [0, 0.05) is 24.4 Å². The van der Waals surface area contributed by atoms with Crippen LogP contribution in [0.3, 0.4) is 0 Å². The van der Waals surface area contributed by atoms with E-state index < -0.39 is 11.6 Å². The highest BCUT2D eigenvalue weighted by Crippen LogP contribution is 2.20. The molecule has 1 aromatic carbocycles. The molecule has 0 spiro atoms. The SMILES string of the molecule is CCCCCNc1nc(C)cc(Nc2ccc(F)cc2F)n1. The maximum atomic E-state index is 13.7. The molecule has 1 aromatic heterocycles. The molecule has 4 nitrogen and oxygen atoms in total. The molecule has 6 heteroatoms. The molecule has 22 heavy (non-hydrogen) atoms. The van der Waals surface area contributed by atoms with Crippen molar-refractivity contribution in [3.63, 3.8) is 0 Å². The molecule has 0 aliphatic heterocycles. The first kappa shape index (κ1) is 16.1. The number of aromatic nitrogens is 2. The summed E-state index contributed by atoms with van der Waals surface area (Å²) in [7, 11) is 0. The van der Waals surface area contributed by atoms with Crippen LogP contribution in [0.15, 0.2) is 24.3 Å². The van der Waals surface area contributed by atoms with Crippen LogP contribution in [0.4, 0.5) is 26.2 Å². The van der Waals surface area contributed by atoms with E-state index in [1.165, 1.54) is 12.1 Å². The lowest BCUT2D eigenvalue weighted by atomic mass is 10.2. The molecule has 1 heterocycles. The van der Waals surface area contributed by atoms with Crippen LogP contribution >= 0.6 is 0 Å². The van der Waals surface area contributed by atoms with Crippen molar-refractivity contribution >= 4 is 17.5 Å². The Kier molecular flexibility index (Phi) is 5.63. The average Bonchev–Trinajstić information content (AvgIpc) is 2.46. The van der Waals surface area contributed by atoms with Crippen LogP contribution in [0.5, 0.6) is 0 Å². The molecule has 0 unspecified atom stereocenters. The molecule has 0 aliphatic rings. The minimum absolute atomic E-state index is 0.177. The number of hydrogen-bond acceptors (Lipinski definition) is 4. The van der Waals surface area contributed by atoms with Crippen molar-refractivity contribution in [3.8, 4) is 0 Å². The molecular weight excluding hydrogens is 286 g/mol. The number of nitrogens with zero attached hydrogens (tertiary/aromatic N) is 2. The molecule has 0 saturated carbocycles. The molecule has 0 radical (unpaired) electrons. The van der Waals surface area contributed by atoms with Gasteiger partial charge in [-0.05, 0) is 25.5 Å². The molecule has 2 aromatic rings. The Labute approximate surface area is 129 Å². The van der Waals surface area contributed by atoms with E-state index in [1.54, 1.807) is 6.07 Å². The number of unbranched alkanes of at least 4 members (excludes halogenated alkanes) is 2. The van der Waals surface area contributed by atoms with Gasteiger partial charge in [0.05, 0.1) is 5.69 Å². The van der Waals surface area contributed by atoms with Crippen LogP contribution in [-0.4, -0.2) is 16.5 Å². The molecule has 0 saturated heterocycles. The van der Waals surface area contributed by atoms with Crippen molar-refractivity contribution in [1.29, 1.82) is 0 Å². The molecule has 0 aliphatic carbocycles. The van der Waals surface area contributed by atoms with Crippen molar-refractivity contribution in [2.75, 3.05) is 17.2 Å². The third-order valence-corrected chi connectivity index (χ3v) is 3.11. The number of hydrogen-bond donors (Lipinski definition) is 2. The minimum Gasteiger partial charge on any atom is -0.354 e. The lowest BCUT2D eigenvalue weighted by Crippen LogP contribution is -2.08. The van der Waals surface area contributed by atoms with Crippen LogP contribution in [0.2, 0.25) is 0 Å². The number of aryl methyl sites for hydroxylation is 1. The van der Waals surface area contributed by atoms with Crippen LogP contribution in [0.1, 0.15) is 31.9 Å². The van der Waals surface area contributed by atoms with Crippen molar-refractivity contribution in [2.24, 2.45) is 0 Å². The predicted octanol–water partition coefficient (Wildman–Crippen LogP) is 4.41. The topological polar surface area (TPSA) is 49.8 Å². The molecule has 2 N–H and O–H groups in total. The molecule has 0 fully saturated rings. The number of halogens is 2. The summed E-state index contributed by atoms with van der Waals surface area (Å²) >= 11 is 0. The lowest BCUT2D eigenvalue weighted by molar-refractivity contribution is 0.586. The van der Waals surface area contributed by atoms with Gasteiger partial charge in [0.25, 0.3) is 0 Å². The van der Waals surface area contributed by atoms with Crippen LogP contribution in [0, 0.1) is 18.6 Å². The standard InChI is InChI=1S/C16H20F2N4/c1-3-4-5-8-19-16-20-11(2)9-15(22-16)21-14-7-6-12(17)10-13(14)18/h6-7,9-10H,3-5,8H2,1-2H3,(H2,19,20,21,22). The highest BCUT2D eigenvalue weighted by atomic mass is 19.1.